The van der Waals surface area contributed by atoms with Crippen molar-refractivity contribution < 1.29 is 14.3 Å². The summed E-state index contributed by atoms with van der Waals surface area (Å²) in [5.74, 6) is 1.12. The fraction of sp³-hybridized carbons (Fsp3) is 0.435. The van der Waals surface area contributed by atoms with E-state index in [1.807, 2.05) is 36.1 Å². The second kappa shape index (κ2) is 11.2. The van der Waals surface area contributed by atoms with Gasteiger partial charge in [0, 0.05) is 37.9 Å². The molecule has 0 unspecified atom stereocenters. The molecule has 3 rings (SSSR count). The normalized spacial score (nSPS) is 14.0. The van der Waals surface area contributed by atoms with Crippen molar-refractivity contribution in [1.29, 1.82) is 0 Å². The smallest absolute Gasteiger partial charge is 0.255 e. The number of rotatable bonds is 8. The average molecular weight is 411 g/mol. The highest BCUT2D eigenvalue weighted by Crippen LogP contribution is 2.21. The number of aromatic nitrogens is 1. The van der Waals surface area contributed by atoms with Gasteiger partial charge in [-0.3, -0.25) is 9.59 Å². The summed E-state index contributed by atoms with van der Waals surface area (Å²) in [5.41, 5.74) is 1.25. The van der Waals surface area contributed by atoms with Crippen molar-refractivity contribution in [3.05, 3.63) is 48.2 Å². The molecule has 0 radical (unpaired) electrons. The largest absolute Gasteiger partial charge is 0.494 e. The molecule has 7 heteroatoms. The van der Waals surface area contributed by atoms with E-state index >= 15 is 0 Å². The number of hydrogen-bond acceptors (Lipinski definition) is 5. The number of carbonyl (C=O) groups is 2. The Morgan fingerprint density at radius 3 is 2.50 bits per heavy atom. The highest BCUT2D eigenvalue weighted by Gasteiger charge is 2.17. The highest BCUT2D eigenvalue weighted by molar-refractivity contribution is 5.99. The lowest BCUT2D eigenvalue weighted by molar-refractivity contribution is -0.131. The van der Waals surface area contributed by atoms with Gasteiger partial charge in [0.25, 0.3) is 5.91 Å². The van der Waals surface area contributed by atoms with E-state index in [2.05, 4.69) is 15.6 Å². The van der Waals surface area contributed by atoms with Crippen LogP contribution >= 0.6 is 0 Å². The van der Waals surface area contributed by atoms with Crippen molar-refractivity contribution in [3.63, 3.8) is 0 Å². The van der Waals surface area contributed by atoms with E-state index in [9.17, 15) is 9.59 Å². The molecular formula is C23H30N4O3. The Morgan fingerprint density at radius 2 is 1.80 bits per heavy atom. The van der Waals surface area contributed by atoms with Crippen molar-refractivity contribution >= 4 is 23.3 Å². The van der Waals surface area contributed by atoms with Gasteiger partial charge in [-0.1, -0.05) is 12.8 Å². The SMILES string of the molecule is CCOc1ccc(Nc2ncccc2C(=O)NCCC(=O)N2CCCCCC2)cc1. The number of anilines is 2. The van der Waals surface area contributed by atoms with Gasteiger partial charge in [0.2, 0.25) is 5.91 Å². The molecule has 1 aromatic heterocycles. The van der Waals surface area contributed by atoms with Gasteiger partial charge in [0.1, 0.15) is 11.6 Å². The first-order valence-corrected chi connectivity index (χ1v) is 10.7. The van der Waals surface area contributed by atoms with E-state index in [-0.39, 0.29) is 11.8 Å². The van der Waals surface area contributed by atoms with Crippen LogP contribution in [-0.4, -0.2) is 47.9 Å². The number of carbonyl (C=O) groups excluding carboxylic acids is 2. The summed E-state index contributed by atoms with van der Waals surface area (Å²) in [6.07, 6.45) is 6.45. The fourth-order valence-electron chi connectivity index (χ4n) is 3.48. The van der Waals surface area contributed by atoms with Crippen LogP contribution in [0.1, 0.15) is 49.4 Å². The second-order valence-corrected chi connectivity index (χ2v) is 7.28. The third-order valence-corrected chi connectivity index (χ3v) is 5.06. The molecule has 2 heterocycles. The Hall–Kier alpha value is -3.09. The van der Waals surface area contributed by atoms with Crippen LogP contribution in [0.25, 0.3) is 0 Å². The Balaban J connectivity index is 1.55. The number of pyridine rings is 1. The highest BCUT2D eigenvalue weighted by atomic mass is 16.5. The molecule has 0 spiro atoms. The summed E-state index contributed by atoms with van der Waals surface area (Å²) in [6.45, 7) is 4.51. The number of amides is 2. The van der Waals surface area contributed by atoms with Gasteiger partial charge in [-0.25, -0.2) is 4.98 Å². The van der Waals surface area contributed by atoms with Crippen molar-refractivity contribution in [2.45, 2.75) is 39.0 Å². The van der Waals surface area contributed by atoms with Crippen molar-refractivity contribution in [2.75, 3.05) is 31.6 Å². The van der Waals surface area contributed by atoms with Gasteiger partial charge in [0.05, 0.1) is 12.2 Å². The predicted octanol–water partition coefficient (Wildman–Crippen LogP) is 3.75. The van der Waals surface area contributed by atoms with E-state index in [1.54, 1.807) is 18.3 Å². The summed E-state index contributed by atoms with van der Waals surface area (Å²) in [4.78, 5) is 31.3. The number of benzene rings is 1. The molecule has 0 bridgehead atoms. The first-order valence-electron chi connectivity index (χ1n) is 10.7. The first kappa shape index (κ1) is 21.6. The molecular weight excluding hydrogens is 380 g/mol. The summed E-state index contributed by atoms with van der Waals surface area (Å²) in [6, 6.07) is 10.9. The molecule has 160 valence electrons. The Kier molecular flexibility index (Phi) is 8.06. The minimum atomic E-state index is -0.250. The van der Waals surface area contributed by atoms with Crippen molar-refractivity contribution in [3.8, 4) is 5.75 Å². The molecule has 7 nitrogen and oxygen atoms in total. The number of nitrogens with zero attached hydrogens (tertiary/aromatic N) is 2. The summed E-state index contributed by atoms with van der Waals surface area (Å²) >= 11 is 0. The minimum Gasteiger partial charge on any atom is -0.494 e. The lowest BCUT2D eigenvalue weighted by Gasteiger charge is -2.20. The zero-order chi connectivity index (χ0) is 21.2. The molecule has 0 aliphatic carbocycles. The molecule has 1 aliphatic rings. The number of hydrogen-bond donors (Lipinski definition) is 2. The fourth-order valence-corrected chi connectivity index (χ4v) is 3.48. The lowest BCUT2D eigenvalue weighted by Crippen LogP contribution is -2.35. The van der Waals surface area contributed by atoms with Crippen LogP contribution in [0.15, 0.2) is 42.6 Å². The van der Waals surface area contributed by atoms with Crippen LogP contribution in [0.4, 0.5) is 11.5 Å². The van der Waals surface area contributed by atoms with Crippen molar-refractivity contribution in [1.82, 2.24) is 15.2 Å². The summed E-state index contributed by atoms with van der Waals surface area (Å²) in [5, 5.41) is 6.03. The molecule has 2 aromatic rings. The number of ether oxygens (including phenoxy) is 1. The van der Waals surface area contributed by atoms with Crippen LogP contribution in [0.2, 0.25) is 0 Å². The maximum atomic E-state index is 12.7. The molecule has 1 aliphatic heterocycles. The third kappa shape index (κ3) is 6.20. The van der Waals surface area contributed by atoms with Crippen LogP contribution in [0.5, 0.6) is 5.75 Å². The molecule has 1 saturated heterocycles. The molecule has 0 atom stereocenters. The first-order chi connectivity index (χ1) is 14.7. The van der Waals surface area contributed by atoms with Crippen LogP contribution in [-0.2, 0) is 4.79 Å². The van der Waals surface area contributed by atoms with Gasteiger partial charge >= 0.3 is 0 Å². The molecule has 2 amide bonds. The zero-order valence-electron chi connectivity index (χ0n) is 17.5. The predicted molar refractivity (Wildman–Crippen MR) is 117 cm³/mol. The number of likely N-dealkylation sites (tertiary alicyclic amines) is 1. The average Bonchev–Trinajstić information content (AvgIpc) is 3.05. The molecule has 0 saturated carbocycles. The molecule has 1 aromatic carbocycles. The lowest BCUT2D eigenvalue weighted by atomic mass is 10.2. The minimum absolute atomic E-state index is 0.108. The Bertz CT molecular complexity index is 831. The van der Waals surface area contributed by atoms with Gasteiger partial charge < -0.3 is 20.3 Å². The van der Waals surface area contributed by atoms with Gasteiger partial charge in [-0.2, -0.15) is 0 Å². The van der Waals surface area contributed by atoms with E-state index in [0.717, 1.165) is 37.4 Å². The summed E-state index contributed by atoms with van der Waals surface area (Å²) in [7, 11) is 0. The van der Waals surface area contributed by atoms with Crippen LogP contribution in [0, 0.1) is 0 Å². The summed E-state index contributed by atoms with van der Waals surface area (Å²) < 4.78 is 5.45. The Morgan fingerprint density at radius 1 is 1.07 bits per heavy atom. The van der Waals surface area contributed by atoms with Gasteiger partial charge in [0.15, 0.2) is 0 Å². The third-order valence-electron chi connectivity index (χ3n) is 5.06. The number of nitrogens with one attached hydrogen (secondary N) is 2. The van der Waals surface area contributed by atoms with Gasteiger partial charge in [-0.05, 0) is 56.2 Å². The van der Waals surface area contributed by atoms with Gasteiger partial charge in [-0.15, -0.1) is 0 Å². The molecule has 1 fully saturated rings. The van der Waals surface area contributed by atoms with E-state index in [4.69, 9.17) is 4.74 Å². The van der Waals surface area contributed by atoms with E-state index < -0.39 is 0 Å². The zero-order valence-corrected chi connectivity index (χ0v) is 17.5. The second-order valence-electron chi connectivity index (χ2n) is 7.28. The Labute approximate surface area is 177 Å². The molecule has 30 heavy (non-hydrogen) atoms. The van der Waals surface area contributed by atoms with Crippen LogP contribution < -0.4 is 15.4 Å². The monoisotopic (exact) mass is 410 g/mol. The molecule has 2 N–H and O–H groups in total. The van der Waals surface area contributed by atoms with E-state index in [1.165, 1.54) is 12.8 Å². The standard InChI is InChI=1S/C23H30N4O3/c1-2-30-19-11-9-18(10-12-19)26-22-20(8-7-14-24-22)23(29)25-15-13-21(28)27-16-5-3-4-6-17-27/h7-12,14H,2-6,13,15-17H2,1H3,(H,24,26)(H,25,29). The quantitative estimate of drug-likeness (QED) is 0.693. The van der Waals surface area contributed by atoms with Crippen molar-refractivity contribution in [2.24, 2.45) is 0 Å². The van der Waals surface area contributed by atoms with Crippen LogP contribution in [0.3, 0.4) is 0 Å². The topological polar surface area (TPSA) is 83.6 Å². The maximum Gasteiger partial charge on any atom is 0.255 e. The maximum absolute atomic E-state index is 12.7. The van der Waals surface area contributed by atoms with E-state index in [0.29, 0.717) is 31.0 Å².